The van der Waals surface area contributed by atoms with Gasteiger partial charge in [-0.2, -0.15) is 4.31 Å². The second-order valence-electron chi connectivity index (χ2n) is 10.6. The molecule has 2 aromatic rings. The molecule has 3 rings (SSSR count). The Bertz CT molecular complexity index is 1290. The van der Waals surface area contributed by atoms with E-state index in [1.165, 1.54) is 39.3 Å². The van der Waals surface area contributed by atoms with E-state index in [9.17, 15) is 22.8 Å². The van der Waals surface area contributed by atoms with Crippen LogP contribution in [0.15, 0.2) is 40.2 Å². The van der Waals surface area contributed by atoms with Gasteiger partial charge in [-0.1, -0.05) is 6.07 Å². The summed E-state index contributed by atoms with van der Waals surface area (Å²) in [7, 11) is -3.94. The molecular weight excluding hydrogens is 474 g/mol. The molecule has 192 valence electrons. The third-order valence-corrected chi connectivity index (χ3v) is 7.34. The van der Waals surface area contributed by atoms with Crippen molar-refractivity contribution in [1.29, 1.82) is 0 Å². The molecule has 11 heteroatoms. The number of benzene rings is 1. The molecule has 1 fully saturated rings. The third-order valence-electron chi connectivity index (χ3n) is 5.42. The molecule has 1 aromatic carbocycles. The van der Waals surface area contributed by atoms with Crippen LogP contribution in [-0.4, -0.2) is 54.1 Å². The van der Waals surface area contributed by atoms with E-state index in [1.807, 2.05) is 0 Å². The van der Waals surface area contributed by atoms with Gasteiger partial charge < -0.3 is 14.8 Å². The number of sulfonamides is 1. The van der Waals surface area contributed by atoms with Crippen LogP contribution in [0.2, 0.25) is 0 Å². The first-order chi connectivity index (χ1) is 16.1. The number of nitrogens with one attached hydrogen (secondary N) is 1. The summed E-state index contributed by atoms with van der Waals surface area (Å²) in [4.78, 5) is 37.1. The summed E-state index contributed by atoms with van der Waals surface area (Å²) < 4.78 is 39.9. The molecule has 0 saturated carbocycles. The van der Waals surface area contributed by atoms with Crippen molar-refractivity contribution in [3.8, 4) is 0 Å². The second kappa shape index (κ2) is 9.62. The Kier molecular flexibility index (Phi) is 7.33. The summed E-state index contributed by atoms with van der Waals surface area (Å²) in [5.74, 6) is -0.454. The summed E-state index contributed by atoms with van der Waals surface area (Å²) >= 11 is 0. The molecule has 0 aliphatic carbocycles. The molecule has 1 atom stereocenters. The van der Waals surface area contributed by atoms with E-state index in [-0.39, 0.29) is 41.5 Å². The zero-order valence-electron chi connectivity index (χ0n) is 21.0. The summed E-state index contributed by atoms with van der Waals surface area (Å²) in [6.45, 7) is 10.4. The molecular formula is C24H33N3O7S. The lowest BCUT2D eigenvalue weighted by molar-refractivity contribution is -0.157. The lowest BCUT2D eigenvalue weighted by Gasteiger charge is -2.22. The number of rotatable bonds is 5. The van der Waals surface area contributed by atoms with Gasteiger partial charge in [0.1, 0.15) is 5.60 Å². The highest BCUT2D eigenvalue weighted by Crippen LogP contribution is 2.27. The molecule has 1 amide bonds. The molecule has 1 aliphatic heterocycles. The smallest absolute Gasteiger partial charge is 0.407 e. The fourth-order valence-corrected chi connectivity index (χ4v) is 5.34. The Morgan fingerprint density at radius 2 is 1.77 bits per heavy atom. The molecule has 0 radical (unpaired) electrons. The maximum atomic E-state index is 13.4. The van der Waals surface area contributed by atoms with E-state index in [4.69, 9.17) is 9.47 Å². The largest absolute Gasteiger partial charge is 0.444 e. The average molecular weight is 508 g/mol. The number of esters is 1. The lowest BCUT2D eigenvalue weighted by atomic mass is 9.98. The number of nitrogens with zero attached hydrogens (tertiary/aromatic N) is 2. The Hall–Kier alpha value is -2.92. The Labute approximate surface area is 205 Å². The summed E-state index contributed by atoms with van der Waals surface area (Å²) in [5.41, 5.74) is -1.84. The van der Waals surface area contributed by atoms with Crippen molar-refractivity contribution in [3.05, 3.63) is 40.8 Å². The molecule has 1 aromatic heterocycles. The van der Waals surface area contributed by atoms with Crippen molar-refractivity contribution < 1.29 is 27.5 Å². The fourth-order valence-electron chi connectivity index (χ4n) is 3.64. The number of pyridine rings is 1. The molecule has 1 saturated heterocycles. The van der Waals surface area contributed by atoms with Crippen LogP contribution in [-0.2, 0) is 31.0 Å². The van der Waals surface area contributed by atoms with Crippen LogP contribution >= 0.6 is 0 Å². The van der Waals surface area contributed by atoms with Crippen LogP contribution in [0.4, 0.5) is 4.79 Å². The van der Waals surface area contributed by atoms with Crippen molar-refractivity contribution in [1.82, 2.24) is 14.2 Å². The number of hydrogen-bond donors (Lipinski definition) is 1. The molecule has 1 unspecified atom stereocenters. The zero-order valence-corrected chi connectivity index (χ0v) is 21.8. The van der Waals surface area contributed by atoms with Crippen LogP contribution in [0.3, 0.4) is 0 Å². The first kappa shape index (κ1) is 26.7. The van der Waals surface area contributed by atoms with Gasteiger partial charge in [0.25, 0.3) is 5.56 Å². The number of amides is 1. The summed E-state index contributed by atoms with van der Waals surface area (Å²) in [6, 6.07) is 5.64. The number of hydrogen-bond acceptors (Lipinski definition) is 7. The average Bonchev–Trinajstić information content (AvgIpc) is 3.19. The number of fused-ring (bicyclic) bond motifs is 1. The highest BCUT2D eigenvalue weighted by molar-refractivity contribution is 7.89. The van der Waals surface area contributed by atoms with Crippen LogP contribution in [0.25, 0.3) is 10.8 Å². The van der Waals surface area contributed by atoms with Crippen molar-refractivity contribution in [2.75, 3.05) is 13.1 Å². The first-order valence-electron chi connectivity index (χ1n) is 11.4. The van der Waals surface area contributed by atoms with Gasteiger partial charge in [0, 0.05) is 36.1 Å². The molecule has 35 heavy (non-hydrogen) atoms. The van der Waals surface area contributed by atoms with Gasteiger partial charge in [0.05, 0.1) is 10.3 Å². The molecule has 2 heterocycles. The van der Waals surface area contributed by atoms with Gasteiger partial charge in [-0.3, -0.25) is 14.2 Å². The third kappa shape index (κ3) is 6.21. The predicted molar refractivity (Wildman–Crippen MR) is 130 cm³/mol. The highest BCUT2D eigenvalue weighted by atomic mass is 32.2. The summed E-state index contributed by atoms with van der Waals surface area (Å²) in [6.07, 6.45) is 1.26. The lowest BCUT2D eigenvalue weighted by Crippen LogP contribution is -2.41. The molecule has 0 bridgehead atoms. The standard InChI is InChI=1S/C24H33N3O7S/c1-23(2,3)21(29)33-15-26-12-11-17-18(20(26)28)8-7-9-19(17)35(31,32)27-13-10-16(14-27)25-22(30)34-24(4,5)6/h7-9,11-12,16H,10,13-15H2,1-6H3,(H,25,30). The summed E-state index contributed by atoms with van der Waals surface area (Å²) in [5, 5.41) is 3.19. The van der Waals surface area contributed by atoms with Crippen LogP contribution in [0.1, 0.15) is 48.0 Å². The highest BCUT2D eigenvalue weighted by Gasteiger charge is 2.35. The molecule has 10 nitrogen and oxygen atoms in total. The van der Waals surface area contributed by atoms with Gasteiger partial charge in [0.2, 0.25) is 10.0 Å². The number of alkyl carbamates (subject to hydrolysis) is 1. The van der Waals surface area contributed by atoms with E-state index < -0.39 is 38.7 Å². The fraction of sp³-hybridized carbons (Fsp3) is 0.542. The van der Waals surface area contributed by atoms with Gasteiger partial charge in [-0.15, -0.1) is 0 Å². The quantitative estimate of drug-likeness (QED) is 0.617. The minimum Gasteiger partial charge on any atom is -0.444 e. The zero-order chi connectivity index (χ0) is 26.2. The van der Waals surface area contributed by atoms with Gasteiger partial charge >= 0.3 is 12.1 Å². The monoisotopic (exact) mass is 507 g/mol. The predicted octanol–water partition coefficient (Wildman–Crippen LogP) is 2.84. The number of aromatic nitrogens is 1. The van der Waals surface area contributed by atoms with Gasteiger partial charge in [-0.25, -0.2) is 13.2 Å². The minimum absolute atomic E-state index is 0.00357. The Morgan fingerprint density at radius 1 is 1.09 bits per heavy atom. The van der Waals surface area contributed by atoms with E-state index in [0.717, 1.165) is 0 Å². The molecule has 0 spiro atoms. The maximum absolute atomic E-state index is 13.4. The van der Waals surface area contributed by atoms with E-state index in [2.05, 4.69) is 5.32 Å². The van der Waals surface area contributed by atoms with E-state index >= 15 is 0 Å². The van der Waals surface area contributed by atoms with Crippen LogP contribution < -0.4 is 10.9 Å². The SMILES string of the molecule is CC(C)(C)OC(=O)NC1CCN(S(=O)(=O)c2cccc3c(=O)n(COC(=O)C(C)(C)C)ccc23)C1. The van der Waals surface area contributed by atoms with E-state index in [1.54, 1.807) is 41.5 Å². The Morgan fingerprint density at radius 3 is 2.40 bits per heavy atom. The number of carbonyl (C=O) groups excluding carboxylic acids is 2. The maximum Gasteiger partial charge on any atom is 0.407 e. The van der Waals surface area contributed by atoms with Gasteiger partial charge in [-0.05, 0) is 66.2 Å². The number of carbonyl (C=O) groups is 2. The van der Waals surface area contributed by atoms with Crippen molar-refractivity contribution >= 4 is 32.9 Å². The van der Waals surface area contributed by atoms with Crippen molar-refractivity contribution in [2.45, 2.75) is 71.2 Å². The van der Waals surface area contributed by atoms with Crippen molar-refractivity contribution in [2.24, 2.45) is 5.41 Å². The number of ether oxygens (including phenoxy) is 2. The van der Waals surface area contributed by atoms with Gasteiger partial charge in [0.15, 0.2) is 6.73 Å². The first-order valence-corrected chi connectivity index (χ1v) is 12.8. The van der Waals surface area contributed by atoms with Crippen molar-refractivity contribution in [3.63, 3.8) is 0 Å². The molecule has 1 N–H and O–H groups in total. The van der Waals surface area contributed by atoms with E-state index in [0.29, 0.717) is 6.42 Å². The van der Waals surface area contributed by atoms with Crippen LogP contribution in [0, 0.1) is 5.41 Å². The normalized spacial score (nSPS) is 17.4. The van der Waals surface area contributed by atoms with Crippen LogP contribution in [0.5, 0.6) is 0 Å². The topological polar surface area (TPSA) is 124 Å². The Balaban J connectivity index is 1.81. The second-order valence-corrected chi connectivity index (χ2v) is 12.5. The minimum atomic E-state index is -3.94. The molecule has 1 aliphatic rings.